The average molecular weight is 212 g/mol. The molecule has 0 radical (unpaired) electrons. The normalized spacial score (nSPS) is 29.0. The predicted octanol–water partition coefficient (Wildman–Crippen LogP) is 0.929. The van der Waals surface area contributed by atoms with E-state index < -0.39 is 0 Å². The van der Waals surface area contributed by atoms with Crippen LogP contribution >= 0.6 is 0 Å². The second kappa shape index (κ2) is 5.83. The van der Waals surface area contributed by atoms with E-state index in [1.165, 1.54) is 52.0 Å². The fraction of sp³-hybridized carbons (Fsp3) is 1.00. The lowest BCUT2D eigenvalue weighted by Crippen LogP contribution is -2.54. The molecule has 2 rings (SSSR count). The first-order valence-electron chi connectivity index (χ1n) is 6.47. The standard InChI is InChI=1S/C12H24N2O/c15-10-4-3-6-13-8-9-14-7-2-1-5-12(14)11-13/h12,15H,1-11H2. The number of aliphatic hydroxyl groups excluding tert-OH is 1. The maximum Gasteiger partial charge on any atom is 0.0431 e. The van der Waals surface area contributed by atoms with Gasteiger partial charge in [0.1, 0.15) is 0 Å². The number of nitrogens with zero attached hydrogens (tertiary/aromatic N) is 2. The van der Waals surface area contributed by atoms with Crippen molar-refractivity contribution in [2.75, 3.05) is 39.3 Å². The molecule has 0 aromatic rings. The first kappa shape index (κ1) is 11.4. The minimum atomic E-state index is 0.351. The van der Waals surface area contributed by atoms with Crippen LogP contribution in [0.4, 0.5) is 0 Å². The molecule has 0 aliphatic carbocycles. The zero-order valence-corrected chi connectivity index (χ0v) is 9.70. The molecule has 2 aliphatic heterocycles. The van der Waals surface area contributed by atoms with Crippen molar-refractivity contribution >= 4 is 0 Å². The Bertz CT molecular complexity index is 184. The lowest BCUT2D eigenvalue weighted by Gasteiger charge is -2.44. The third kappa shape index (κ3) is 3.16. The summed E-state index contributed by atoms with van der Waals surface area (Å²) in [5.74, 6) is 0. The molecular formula is C12H24N2O. The third-order valence-corrected chi connectivity index (χ3v) is 3.80. The van der Waals surface area contributed by atoms with Gasteiger partial charge in [0.05, 0.1) is 0 Å². The average Bonchev–Trinajstić information content (AvgIpc) is 2.29. The minimum Gasteiger partial charge on any atom is -0.396 e. The van der Waals surface area contributed by atoms with Crippen LogP contribution < -0.4 is 0 Å². The van der Waals surface area contributed by atoms with Gasteiger partial charge in [-0.1, -0.05) is 6.42 Å². The summed E-state index contributed by atoms with van der Waals surface area (Å²) in [7, 11) is 0. The van der Waals surface area contributed by atoms with Crippen LogP contribution in [-0.4, -0.2) is 60.3 Å². The maximum absolute atomic E-state index is 8.76. The number of piperidine rings is 1. The molecule has 2 saturated heterocycles. The van der Waals surface area contributed by atoms with Gasteiger partial charge in [0.2, 0.25) is 0 Å². The molecule has 88 valence electrons. The van der Waals surface area contributed by atoms with Crippen molar-refractivity contribution in [3.05, 3.63) is 0 Å². The van der Waals surface area contributed by atoms with Crippen LogP contribution in [-0.2, 0) is 0 Å². The van der Waals surface area contributed by atoms with E-state index in [1.54, 1.807) is 0 Å². The second-order valence-corrected chi connectivity index (χ2v) is 4.92. The van der Waals surface area contributed by atoms with E-state index >= 15 is 0 Å². The second-order valence-electron chi connectivity index (χ2n) is 4.92. The Morgan fingerprint density at radius 2 is 2.00 bits per heavy atom. The first-order chi connectivity index (χ1) is 7.40. The largest absolute Gasteiger partial charge is 0.396 e. The number of unbranched alkanes of at least 4 members (excludes halogenated alkanes) is 1. The molecule has 1 atom stereocenters. The van der Waals surface area contributed by atoms with Gasteiger partial charge in [-0.3, -0.25) is 4.90 Å². The summed E-state index contributed by atoms with van der Waals surface area (Å²) in [6.07, 6.45) is 6.34. The molecule has 3 heteroatoms. The van der Waals surface area contributed by atoms with Crippen LogP contribution in [0.2, 0.25) is 0 Å². The van der Waals surface area contributed by atoms with Crippen LogP contribution in [0.25, 0.3) is 0 Å². The quantitative estimate of drug-likeness (QED) is 0.702. The molecule has 0 amide bonds. The molecule has 0 bridgehead atoms. The third-order valence-electron chi connectivity index (χ3n) is 3.80. The molecule has 0 saturated carbocycles. The van der Waals surface area contributed by atoms with Gasteiger partial charge in [-0.25, -0.2) is 0 Å². The Labute approximate surface area is 93.1 Å². The summed E-state index contributed by atoms with van der Waals surface area (Å²) >= 11 is 0. The van der Waals surface area contributed by atoms with Crippen LogP contribution in [0.15, 0.2) is 0 Å². The lowest BCUT2D eigenvalue weighted by atomic mass is 9.99. The lowest BCUT2D eigenvalue weighted by molar-refractivity contribution is 0.0481. The highest BCUT2D eigenvalue weighted by molar-refractivity contribution is 4.84. The SMILES string of the molecule is OCCCCN1CCN2CCCCC2C1. The summed E-state index contributed by atoms with van der Waals surface area (Å²) in [6.45, 7) is 6.64. The molecule has 1 N–H and O–H groups in total. The van der Waals surface area contributed by atoms with Crippen molar-refractivity contribution in [2.24, 2.45) is 0 Å². The molecule has 0 aromatic heterocycles. The van der Waals surface area contributed by atoms with Gasteiger partial charge in [-0.05, 0) is 38.8 Å². The highest BCUT2D eigenvalue weighted by atomic mass is 16.2. The number of aliphatic hydroxyl groups is 1. The maximum atomic E-state index is 8.76. The fourth-order valence-electron chi connectivity index (χ4n) is 2.87. The Morgan fingerprint density at radius 1 is 1.07 bits per heavy atom. The summed E-state index contributed by atoms with van der Waals surface area (Å²) in [5, 5.41) is 8.76. The predicted molar refractivity (Wildman–Crippen MR) is 62.0 cm³/mol. The Morgan fingerprint density at radius 3 is 2.87 bits per heavy atom. The Kier molecular flexibility index (Phi) is 4.42. The topological polar surface area (TPSA) is 26.7 Å². The molecule has 2 heterocycles. The highest BCUT2D eigenvalue weighted by Crippen LogP contribution is 2.21. The van der Waals surface area contributed by atoms with E-state index in [1.807, 2.05) is 0 Å². The highest BCUT2D eigenvalue weighted by Gasteiger charge is 2.28. The van der Waals surface area contributed by atoms with Gasteiger partial charge >= 0.3 is 0 Å². The van der Waals surface area contributed by atoms with Gasteiger partial charge in [0.25, 0.3) is 0 Å². The smallest absolute Gasteiger partial charge is 0.0431 e. The number of piperazine rings is 1. The molecule has 3 nitrogen and oxygen atoms in total. The van der Waals surface area contributed by atoms with Crippen molar-refractivity contribution < 1.29 is 5.11 Å². The van der Waals surface area contributed by atoms with Gasteiger partial charge in [-0.15, -0.1) is 0 Å². The number of hydrogen-bond acceptors (Lipinski definition) is 3. The number of rotatable bonds is 4. The zero-order valence-electron chi connectivity index (χ0n) is 9.70. The molecule has 2 fully saturated rings. The molecule has 0 aromatic carbocycles. The van der Waals surface area contributed by atoms with Crippen molar-refractivity contribution in [3.8, 4) is 0 Å². The van der Waals surface area contributed by atoms with Gasteiger partial charge < -0.3 is 10.0 Å². The molecule has 1 unspecified atom stereocenters. The van der Waals surface area contributed by atoms with Crippen molar-refractivity contribution in [3.63, 3.8) is 0 Å². The summed E-state index contributed by atoms with van der Waals surface area (Å²) < 4.78 is 0. The monoisotopic (exact) mass is 212 g/mol. The Balaban J connectivity index is 1.71. The van der Waals surface area contributed by atoms with Crippen molar-refractivity contribution in [1.82, 2.24) is 9.80 Å². The molecule has 15 heavy (non-hydrogen) atoms. The number of fused-ring (bicyclic) bond motifs is 1. The van der Waals surface area contributed by atoms with Crippen molar-refractivity contribution in [2.45, 2.75) is 38.1 Å². The molecular weight excluding hydrogens is 188 g/mol. The summed E-state index contributed by atoms with van der Waals surface area (Å²) in [6, 6.07) is 0.835. The van der Waals surface area contributed by atoms with Crippen molar-refractivity contribution in [1.29, 1.82) is 0 Å². The van der Waals surface area contributed by atoms with Gasteiger partial charge in [-0.2, -0.15) is 0 Å². The van der Waals surface area contributed by atoms with E-state index in [4.69, 9.17) is 5.11 Å². The fourth-order valence-corrected chi connectivity index (χ4v) is 2.87. The van der Waals surface area contributed by atoms with Gasteiger partial charge in [0, 0.05) is 32.3 Å². The van der Waals surface area contributed by atoms with E-state index in [2.05, 4.69) is 9.80 Å². The van der Waals surface area contributed by atoms with Crippen LogP contribution in [0, 0.1) is 0 Å². The van der Waals surface area contributed by atoms with E-state index in [-0.39, 0.29) is 0 Å². The van der Waals surface area contributed by atoms with Crippen LogP contribution in [0.3, 0.4) is 0 Å². The van der Waals surface area contributed by atoms with Crippen LogP contribution in [0.1, 0.15) is 32.1 Å². The first-order valence-corrected chi connectivity index (χ1v) is 6.47. The van der Waals surface area contributed by atoms with E-state index in [9.17, 15) is 0 Å². The van der Waals surface area contributed by atoms with Crippen LogP contribution in [0.5, 0.6) is 0 Å². The minimum absolute atomic E-state index is 0.351. The summed E-state index contributed by atoms with van der Waals surface area (Å²) in [5.41, 5.74) is 0. The number of hydrogen-bond donors (Lipinski definition) is 1. The molecule has 2 aliphatic rings. The summed E-state index contributed by atoms with van der Waals surface area (Å²) in [4.78, 5) is 5.26. The van der Waals surface area contributed by atoms with E-state index in [0.29, 0.717) is 6.61 Å². The Hall–Kier alpha value is -0.120. The zero-order chi connectivity index (χ0) is 10.5. The van der Waals surface area contributed by atoms with E-state index in [0.717, 1.165) is 18.9 Å². The van der Waals surface area contributed by atoms with Gasteiger partial charge in [0.15, 0.2) is 0 Å². The molecule has 0 spiro atoms.